The summed E-state index contributed by atoms with van der Waals surface area (Å²) in [4.78, 5) is 26.1. The Kier molecular flexibility index (Phi) is 6.52. The zero-order chi connectivity index (χ0) is 20.1. The minimum atomic E-state index is -0.798. The van der Waals surface area contributed by atoms with Crippen LogP contribution >= 0.6 is 11.6 Å². The van der Waals surface area contributed by atoms with Gasteiger partial charge in [-0.3, -0.25) is 4.79 Å². The summed E-state index contributed by atoms with van der Waals surface area (Å²) in [6, 6.07) is 9.87. The first-order valence-corrected chi connectivity index (χ1v) is 9.78. The third-order valence-electron chi connectivity index (χ3n) is 4.73. The maximum atomic E-state index is 12.2. The van der Waals surface area contributed by atoms with Crippen LogP contribution in [0.5, 0.6) is 0 Å². The van der Waals surface area contributed by atoms with Gasteiger partial charge >= 0.3 is 5.97 Å². The fourth-order valence-electron chi connectivity index (χ4n) is 3.23. The third-order valence-corrected chi connectivity index (χ3v) is 5.13. The van der Waals surface area contributed by atoms with E-state index in [9.17, 15) is 9.59 Å². The molecule has 2 aromatic rings. The maximum absolute atomic E-state index is 12.2. The van der Waals surface area contributed by atoms with E-state index < -0.39 is 12.1 Å². The second-order valence-corrected chi connectivity index (χ2v) is 7.24. The SMILES string of the molecule is Cc1nn(Cc2ccccc2)c(Cl)c1/C=C/C(=O)O[C@H](C)C(=O)N1CCCC1. The molecule has 3 rings (SSSR count). The van der Waals surface area contributed by atoms with E-state index in [1.165, 1.54) is 6.08 Å². The molecular formula is C21H24ClN3O3. The molecule has 1 aromatic heterocycles. The highest BCUT2D eigenvalue weighted by Crippen LogP contribution is 2.22. The molecule has 28 heavy (non-hydrogen) atoms. The van der Waals surface area contributed by atoms with E-state index >= 15 is 0 Å². The lowest BCUT2D eigenvalue weighted by molar-refractivity contribution is -0.154. The highest BCUT2D eigenvalue weighted by atomic mass is 35.5. The van der Waals surface area contributed by atoms with E-state index in [4.69, 9.17) is 16.3 Å². The Morgan fingerprint density at radius 2 is 1.93 bits per heavy atom. The number of carbonyl (C=O) groups excluding carboxylic acids is 2. The average Bonchev–Trinajstić information content (AvgIpc) is 3.30. The van der Waals surface area contributed by atoms with Gasteiger partial charge in [0, 0.05) is 24.7 Å². The smallest absolute Gasteiger partial charge is 0.331 e. The first kappa shape index (κ1) is 20.1. The van der Waals surface area contributed by atoms with Crippen molar-refractivity contribution in [1.29, 1.82) is 0 Å². The number of halogens is 1. The van der Waals surface area contributed by atoms with Gasteiger partial charge in [-0.2, -0.15) is 5.10 Å². The number of aryl methyl sites for hydroxylation is 1. The lowest BCUT2D eigenvalue weighted by Crippen LogP contribution is -2.37. The summed E-state index contributed by atoms with van der Waals surface area (Å²) in [6.45, 7) is 5.43. The molecule has 1 aromatic carbocycles. The molecular weight excluding hydrogens is 378 g/mol. The number of aromatic nitrogens is 2. The highest BCUT2D eigenvalue weighted by Gasteiger charge is 2.25. The van der Waals surface area contributed by atoms with Gasteiger partial charge in [-0.15, -0.1) is 0 Å². The normalized spacial score (nSPS) is 15.2. The molecule has 0 radical (unpaired) electrons. The van der Waals surface area contributed by atoms with Gasteiger partial charge in [-0.25, -0.2) is 9.48 Å². The number of hydrogen-bond donors (Lipinski definition) is 0. The zero-order valence-electron chi connectivity index (χ0n) is 16.1. The van der Waals surface area contributed by atoms with Crippen LogP contribution in [0.4, 0.5) is 0 Å². The summed E-state index contributed by atoms with van der Waals surface area (Å²) in [7, 11) is 0. The Morgan fingerprint density at radius 1 is 1.25 bits per heavy atom. The molecule has 1 amide bonds. The molecule has 0 saturated carbocycles. The van der Waals surface area contributed by atoms with Gasteiger partial charge in [0.15, 0.2) is 6.10 Å². The number of ether oxygens (including phenoxy) is 1. The molecule has 0 spiro atoms. The van der Waals surface area contributed by atoms with Crippen molar-refractivity contribution in [2.75, 3.05) is 13.1 Å². The topological polar surface area (TPSA) is 64.4 Å². The zero-order valence-corrected chi connectivity index (χ0v) is 16.9. The molecule has 0 N–H and O–H groups in total. The Bertz CT molecular complexity index is 871. The summed E-state index contributed by atoms with van der Waals surface area (Å²) >= 11 is 6.44. The van der Waals surface area contributed by atoms with Crippen molar-refractivity contribution in [1.82, 2.24) is 14.7 Å². The molecule has 2 heterocycles. The monoisotopic (exact) mass is 401 g/mol. The molecule has 0 aliphatic carbocycles. The van der Waals surface area contributed by atoms with Crippen LogP contribution in [0.3, 0.4) is 0 Å². The second kappa shape index (κ2) is 9.06. The molecule has 1 aliphatic rings. The van der Waals surface area contributed by atoms with Gasteiger partial charge < -0.3 is 9.64 Å². The predicted octanol–water partition coefficient (Wildman–Crippen LogP) is 3.46. The quantitative estimate of drug-likeness (QED) is 0.549. The number of rotatable bonds is 6. The Hall–Kier alpha value is -2.60. The Morgan fingerprint density at radius 3 is 2.61 bits per heavy atom. The number of likely N-dealkylation sites (tertiary alicyclic amines) is 1. The largest absolute Gasteiger partial charge is 0.449 e. The summed E-state index contributed by atoms with van der Waals surface area (Å²) in [6.07, 6.45) is 4.07. The average molecular weight is 402 g/mol. The van der Waals surface area contributed by atoms with Gasteiger partial charge in [0.1, 0.15) is 5.15 Å². The third kappa shape index (κ3) is 4.81. The van der Waals surface area contributed by atoms with E-state index in [1.807, 2.05) is 37.3 Å². The van der Waals surface area contributed by atoms with Crippen LogP contribution in [-0.2, 0) is 20.9 Å². The Labute approximate surface area is 169 Å². The Balaban J connectivity index is 1.63. The fourth-order valence-corrected chi connectivity index (χ4v) is 3.52. The number of hydrogen-bond acceptors (Lipinski definition) is 4. The van der Waals surface area contributed by atoms with Crippen molar-refractivity contribution in [3.05, 3.63) is 58.4 Å². The van der Waals surface area contributed by atoms with Crippen molar-refractivity contribution in [3.8, 4) is 0 Å². The first-order valence-electron chi connectivity index (χ1n) is 9.40. The van der Waals surface area contributed by atoms with Crippen molar-refractivity contribution in [2.45, 2.75) is 39.3 Å². The lowest BCUT2D eigenvalue weighted by Gasteiger charge is -2.19. The standard InChI is InChI=1S/C21H24ClN3O3/c1-15-18(20(22)25(23-15)14-17-8-4-3-5-9-17)10-11-19(26)28-16(2)21(27)24-12-6-7-13-24/h3-5,8-11,16H,6-7,12-14H2,1-2H3/b11-10+/t16-/m1/s1. The molecule has 1 fully saturated rings. The van der Waals surface area contributed by atoms with Crippen LogP contribution in [0.15, 0.2) is 36.4 Å². The van der Waals surface area contributed by atoms with Crippen LogP contribution < -0.4 is 0 Å². The minimum Gasteiger partial charge on any atom is -0.449 e. The van der Waals surface area contributed by atoms with E-state index in [2.05, 4.69) is 5.10 Å². The summed E-state index contributed by atoms with van der Waals surface area (Å²) < 4.78 is 6.93. The number of benzene rings is 1. The molecule has 7 heteroatoms. The van der Waals surface area contributed by atoms with E-state index in [0.29, 0.717) is 23.0 Å². The summed E-state index contributed by atoms with van der Waals surface area (Å²) in [5, 5.41) is 4.90. The van der Waals surface area contributed by atoms with Crippen molar-refractivity contribution >= 4 is 29.6 Å². The van der Waals surface area contributed by atoms with Crippen LogP contribution in [0, 0.1) is 6.92 Å². The molecule has 1 atom stereocenters. The highest BCUT2D eigenvalue weighted by molar-refractivity contribution is 6.31. The van der Waals surface area contributed by atoms with Crippen molar-refractivity contribution < 1.29 is 14.3 Å². The van der Waals surface area contributed by atoms with Gasteiger partial charge in [-0.05, 0) is 38.3 Å². The van der Waals surface area contributed by atoms with Crippen molar-refractivity contribution in [2.24, 2.45) is 0 Å². The lowest BCUT2D eigenvalue weighted by atomic mass is 10.2. The maximum Gasteiger partial charge on any atom is 0.331 e. The minimum absolute atomic E-state index is 0.149. The predicted molar refractivity (Wildman–Crippen MR) is 108 cm³/mol. The molecule has 1 aliphatic heterocycles. The van der Waals surface area contributed by atoms with Gasteiger partial charge in [0.05, 0.1) is 12.2 Å². The molecule has 0 bridgehead atoms. The first-order chi connectivity index (χ1) is 13.5. The van der Waals surface area contributed by atoms with Gasteiger partial charge in [-0.1, -0.05) is 41.9 Å². The summed E-state index contributed by atoms with van der Waals surface area (Å²) in [5.74, 6) is -0.726. The van der Waals surface area contributed by atoms with E-state index in [1.54, 1.807) is 22.6 Å². The van der Waals surface area contributed by atoms with E-state index in [-0.39, 0.29) is 5.91 Å². The number of amides is 1. The summed E-state index contributed by atoms with van der Waals surface area (Å²) in [5.41, 5.74) is 2.45. The number of carbonyl (C=O) groups is 2. The van der Waals surface area contributed by atoms with Crippen LogP contribution in [0.2, 0.25) is 5.15 Å². The van der Waals surface area contributed by atoms with Crippen molar-refractivity contribution in [3.63, 3.8) is 0 Å². The van der Waals surface area contributed by atoms with Crippen LogP contribution in [-0.4, -0.2) is 45.8 Å². The second-order valence-electron chi connectivity index (χ2n) is 6.88. The molecule has 0 unspecified atom stereocenters. The number of esters is 1. The van der Waals surface area contributed by atoms with Gasteiger partial charge in [0.2, 0.25) is 0 Å². The number of nitrogens with zero attached hydrogens (tertiary/aromatic N) is 3. The fraction of sp³-hybridized carbons (Fsp3) is 0.381. The molecule has 148 valence electrons. The van der Waals surface area contributed by atoms with E-state index in [0.717, 1.165) is 31.5 Å². The molecule has 6 nitrogen and oxygen atoms in total. The van der Waals surface area contributed by atoms with Crippen LogP contribution in [0.1, 0.15) is 36.6 Å². The molecule has 1 saturated heterocycles. The van der Waals surface area contributed by atoms with Gasteiger partial charge in [0.25, 0.3) is 5.91 Å². The van der Waals surface area contributed by atoms with Crippen LogP contribution in [0.25, 0.3) is 6.08 Å².